The number of nitrogens with zero attached hydrogens (tertiary/aromatic N) is 3. The van der Waals surface area contributed by atoms with Crippen LogP contribution < -0.4 is 21.5 Å². The first-order chi connectivity index (χ1) is 16.5. The fourth-order valence-electron chi connectivity index (χ4n) is 4.71. The van der Waals surface area contributed by atoms with Crippen LogP contribution in [0.5, 0.6) is 5.75 Å². The SMILES string of the molecule is Cc1ccc(F)nc1[C@H](Nc1c(Nc2ccnc(C(=O)N(C)C)c2O)c(=O)c1=O)C1(C)CCCC1. The smallest absolute Gasteiger partial charge is 0.275 e. The summed E-state index contributed by atoms with van der Waals surface area (Å²) in [4.78, 5) is 46.7. The highest BCUT2D eigenvalue weighted by Gasteiger charge is 2.41. The van der Waals surface area contributed by atoms with E-state index in [9.17, 15) is 23.9 Å². The highest BCUT2D eigenvalue weighted by atomic mass is 19.1. The summed E-state index contributed by atoms with van der Waals surface area (Å²) < 4.78 is 14.1. The van der Waals surface area contributed by atoms with Crippen molar-refractivity contribution in [2.75, 3.05) is 24.7 Å². The van der Waals surface area contributed by atoms with Gasteiger partial charge in [0.2, 0.25) is 5.95 Å². The summed E-state index contributed by atoms with van der Waals surface area (Å²) in [6.07, 6.45) is 5.00. The van der Waals surface area contributed by atoms with Crippen LogP contribution in [0.3, 0.4) is 0 Å². The van der Waals surface area contributed by atoms with E-state index in [1.54, 1.807) is 6.07 Å². The van der Waals surface area contributed by atoms with Gasteiger partial charge in [0.1, 0.15) is 11.4 Å². The largest absolute Gasteiger partial charge is 0.504 e. The van der Waals surface area contributed by atoms with Gasteiger partial charge in [0.05, 0.1) is 17.4 Å². The third-order valence-electron chi connectivity index (χ3n) is 6.81. The molecule has 1 atom stereocenters. The molecule has 0 unspecified atom stereocenters. The lowest BCUT2D eigenvalue weighted by Gasteiger charge is -2.36. The molecule has 0 radical (unpaired) electrons. The van der Waals surface area contributed by atoms with Crippen molar-refractivity contribution in [2.24, 2.45) is 5.41 Å². The summed E-state index contributed by atoms with van der Waals surface area (Å²) in [6.45, 7) is 3.89. The number of anilines is 3. The number of aromatic hydroxyl groups is 1. The molecule has 2 aromatic heterocycles. The summed E-state index contributed by atoms with van der Waals surface area (Å²) in [5.74, 6) is -1.58. The molecule has 3 N–H and O–H groups in total. The van der Waals surface area contributed by atoms with Crippen molar-refractivity contribution >= 4 is 23.0 Å². The molecule has 184 valence electrons. The predicted molar refractivity (Wildman–Crippen MR) is 130 cm³/mol. The Labute approximate surface area is 201 Å². The van der Waals surface area contributed by atoms with Crippen molar-refractivity contribution in [3.63, 3.8) is 0 Å². The van der Waals surface area contributed by atoms with Gasteiger partial charge in [0, 0.05) is 20.3 Å². The van der Waals surface area contributed by atoms with E-state index in [0.29, 0.717) is 5.69 Å². The predicted octanol–water partition coefficient (Wildman–Crippen LogP) is 3.40. The van der Waals surface area contributed by atoms with Crippen molar-refractivity contribution in [3.05, 3.63) is 67.7 Å². The van der Waals surface area contributed by atoms with Crippen molar-refractivity contribution < 1.29 is 14.3 Å². The lowest BCUT2D eigenvalue weighted by Crippen LogP contribution is -2.40. The lowest BCUT2D eigenvalue weighted by atomic mass is 9.77. The van der Waals surface area contributed by atoms with Gasteiger partial charge in [-0.15, -0.1) is 0 Å². The zero-order valence-corrected chi connectivity index (χ0v) is 20.1. The molecule has 1 saturated carbocycles. The van der Waals surface area contributed by atoms with Crippen molar-refractivity contribution in [2.45, 2.75) is 45.6 Å². The summed E-state index contributed by atoms with van der Waals surface area (Å²) >= 11 is 0. The molecule has 1 amide bonds. The van der Waals surface area contributed by atoms with E-state index in [2.05, 4.69) is 27.5 Å². The number of hydrogen-bond donors (Lipinski definition) is 3. The minimum Gasteiger partial charge on any atom is -0.504 e. The Morgan fingerprint density at radius 3 is 2.46 bits per heavy atom. The minimum absolute atomic E-state index is 0.0373. The number of carbonyl (C=O) groups excluding carboxylic acids is 1. The van der Waals surface area contributed by atoms with Crippen molar-refractivity contribution in [3.8, 4) is 5.75 Å². The van der Waals surface area contributed by atoms with Gasteiger partial charge in [-0.25, -0.2) is 9.97 Å². The molecule has 1 aliphatic rings. The topological polar surface area (TPSA) is 125 Å². The van der Waals surface area contributed by atoms with Gasteiger partial charge in [0.25, 0.3) is 16.8 Å². The van der Waals surface area contributed by atoms with Gasteiger partial charge in [-0.2, -0.15) is 4.39 Å². The Kier molecular flexibility index (Phi) is 6.31. The first kappa shape index (κ1) is 24.3. The third-order valence-corrected chi connectivity index (χ3v) is 6.81. The molecule has 1 fully saturated rings. The van der Waals surface area contributed by atoms with E-state index < -0.39 is 34.5 Å². The number of pyridine rings is 2. The van der Waals surface area contributed by atoms with Crippen LogP contribution in [0.25, 0.3) is 0 Å². The summed E-state index contributed by atoms with van der Waals surface area (Å²) in [6, 6.07) is 3.82. The molecule has 3 aromatic rings. The fourth-order valence-corrected chi connectivity index (χ4v) is 4.71. The third kappa shape index (κ3) is 4.36. The monoisotopic (exact) mass is 481 g/mol. The van der Waals surface area contributed by atoms with Gasteiger partial charge >= 0.3 is 0 Å². The van der Waals surface area contributed by atoms with E-state index in [1.807, 2.05) is 6.92 Å². The molecule has 2 heterocycles. The maximum absolute atomic E-state index is 14.1. The molecular weight excluding hydrogens is 453 g/mol. The molecular formula is C25H28FN5O4. The second-order valence-electron chi connectivity index (χ2n) is 9.56. The molecule has 1 aromatic carbocycles. The molecule has 0 spiro atoms. The van der Waals surface area contributed by atoms with E-state index in [4.69, 9.17) is 0 Å². The number of halogens is 1. The Morgan fingerprint density at radius 1 is 1.14 bits per heavy atom. The second-order valence-corrected chi connectivity index (χ2v) is 9.56. The number of aromatic nitrogens is 2. The van der Waals surface area contributed by atoms with Crippen molar-refractivity contribution in [1.29, 1.82) is 0 Å². The van der Waals surface area contributed by atoms with Gasteiger partial charge < -0.3 is 20.6 Å². The van der Waals surface area contributed by atoms with Crippen LogP contribution in [0.4, 0.5) is 21.5 Å². The Morgan fingerprint density at radius 2 is 1.80 bits per heavy atom. The summed E-state index contributed by atoms with van der Waals surface area (Å²) in [5, 5.41) is 16.6. The number of amides is 1. The first-order valence-electron chi connectivity index (χ1n) is 11.4. The average molecular weight is 482 g/mol. The average Bonchev–Trinajstić information content (AvgIpc) is 3.27. The standard InChI is InChI=1S/C25H28FN5O4/c1-13-7-8-15(26)29-16(13)23(25(2)10-5-6-11-25)30-18-17(21(33)22(18)34)28-14-9-12-27-19(20(14)32)24(35)31(3)4/h7-9,12,23,30,32H,5-6,10-11H2,1-4H3,(H,27,28)/t23-/m0/s1. The van der Waals surface area contributed by atoms with E-state index in [0.717, 1.165) is 31.2 Å². The molecule has 0 bridgehead atoms. The van der Waals surface area contributed by atoms with Gasteiger partial charge in [-0.1, -0.05) is 25.8 Å². The Balaban J connectivity index is 1.72. The van der Waals surface area contributed by atoms with Crippen LogP contribution >= 0.6 is 0 Å². The highest BCUT2D eigenvalue weighted by molar-refractivity contribution is 5.97. The summed E-state index contributed by atoms with van der Waals surface area (Å²) in [7, 11) is 3.04. The number of aryl methyl sites for hydroxylation is 1. The maximum Gasteiger partial charge on any atom is 0.275 e. The fraction of sp³-hybridized carbons (Fsp3) is 0.400. The maximum atomic E-state index is 14.1. The molecule has 10 heteroatoms. The lowest BCUT2D eigenvalue weighted by molar-refractivity contribution is 0.0819. The molecule has 0 saturated heterocycles. The van der Waals surface area contributed by atoms with E-state index in [-0.39, 0.29) is 28.2 Å². The number of hydrogen-bond acceptors (Lipinski definition) is 8. The number of nitrogens with one attached hydrogen (secondary N) is 2. The van der Waals surface area contributed by atoms with E-state index in [1.165, 1.54) is 37.3 Å². The number of rotatable bonds is 7. The van der Waals surface area contributed by atoms with Crippen LogP contribution in [-0.2, 0) is 0 Å². The first-order valence-corrected chi connectivity index (χ1v) is 11.4. The second kappa shape index (κ2) is 9.09. The van der Waals surface area contributed by atoms with E-state index >= 15 is 0 Å². The van der Waals surface area contributed by atoms with Crippen LogP contribution in [0.1, 0.15) is 60.4 Å². The normalized spacial score (nSPS) is 15.7. The van der Waals surface area contributed by atoms with Crippen LogP contribution in [0.2, 0.25) is 0 Å². The zero-order valence-electron chi connectivity index (χ0n) is 20.1. The Bertz CT molecular complexity index is 1360. The minimum atomic E-state index is -0.761. The van der Waals surface area contributed by atoms with Crippen LogP contribution in [0, 0.1) is 18.3 Å². The van der Waals surface area contributed by atoms with Gasteiger partial charge in [-0.3, -0.25) is 14.4 Å². The quantitative estimate of drug-likeness (QED) is 0.346. The van der Waals surface area contributed by atoms with Gasteiger partial charge in [0.15, 0.2) is 11.4 Å². The summed E-state index contributed by atoms with van der Waals surface area (Å²) in [5.41, 5.74) is -0.673. The van der Waals surface area contributed by atoms with Crippen molar-refractivity contribution in [1.82, 2.24) is 14.9 Å². The zero-order chi connectivity index (χ0) is 25.5. The molecule has 9 nitrogen and oxygen atoms in total. The number of carbonyl (C=O) groups is 1. The molecule has 4 rings (SSSR count). The van der Waals surface area contributed by atoms with Crippen LogP contribution in [0.15, 0.2) is 34.0 Å². The molecule has 1 aliphatic carbocycles. The molecule has 35 heavy (non-hydrogen) atoms. The Hall–Kier alpha value is -3.82. The van der Waals surface area contributed by atoms with Crippen LogP contribution in [-0.4, -0.2) is 40.0 Å². The highest BCUT2D eigenvalue weighted by Crippen LogP contribution is 2.49. The molecule has 0 aliphatic heterocycles. The van der Waals surface area contributed by atoms with Gasteiger partial charge in [-0.05, 0) is 42.9 Å².